The number of hydrogen-bond donors (Lipinski definition) is 1. The number of aliphatic hydroxyl groups excluding tert-OH is 1. The molecule has 0 bridgehead atoms. The van der Waals surface area contributed by atoms with Gasteiger partial charge in [-0.2, -0.15) is 0 Å². The Labute approximate surface area is 156 Å². The predicted molar refractivity (Wildman–Crippen MR) is 103 cm³/mol. The Hall–Kier alpha value is -1.87. The monoisotopic (exact) mass is 356 g/mol. The van der Waals surface area contributed by atoms with Gasteiger partial charge in [0.1, 0.15) is 11.6 Å². The maximum absolute atomic E-state index is 14.8. The molecule has 0 aromatic heterocycles. The Kier molecular flexibility index (Phi) is 6.31. The molecule has 2 atom stereocenters. The summed E-state index contributed by atoms with van der Waals surface area (Å²) in [6.07, 6.45) is 6.03. The fourth-order valence-corrected chi connectivity index (χ4v) is 4.14. The largest absolute Gasteiger partial charge is 0.494 e. The Morgan fingerprint density at radius 3 is 2.58 bits per heavy atom. The fourth-order valence-electron chi connectivity index (χ4n) is 4.14. The summed E-state index contributed by atoms with van der Waals surface area (Å²) < 4.78 is 20.5. The van der Waals surface area contributed by atoms with Gasteiger partial charge < -0.3 is 9.84 Å². The van der Waals surface area contributed by atoms with Crippen molar-refractivity contribution in [2.45, 2.75) is 63.4 Å². The maximum Gasteiger partial charge on any atom is 0.127 e. The minimum Gasteiger partial charge on any atom is -0.494 e. The normalized spacial score (nSPS) is 23.4. The van der Waals surface area contributed by atoms with E-state index in [4.69, 9.17) is 4.74 Å². The molecule has 1 fully saturated rings. The van der Waals surface area contributed by atoms with Crippen LogP contribution in [-0.4, -0.2) is 17.8 Å². The number of halogens is 1. The van der Waals surface area contributed by atoms with Crippen LogP contribution in [0.1, 0.15) is 63.0 Å². The van der Waals surface area contributed by atoms with Crippen molar-refractivity contribution in [3.05, 3.63) is 65.5 Å². The second kappa shape index (κ2) is 8.68. The zero-order valence-corrected chi connectivity index (χ0v) is 15.6. The maximum atomic E-state index is 14.8. The van der Waals surface area contributed by atoms with E-state index in [0.29, 0.717) is 18.6 Å². The lowest BCUT2D eigenvalue weighted by molar-refractivity contribution is 0.0926. The van der Waals surface area contributed by atoms with E-state index < -0.39 is 11.5 Å². The van der Waals surface area contributed by atoms with E-state index >= 15 is 0 Å². The molecule has 1 aliphatic rings. The molecule has 0 saturated heterocycles. The number of ether oxygens (including phenoxy) is 1. The lowest BCUT2D eigenvalue weighted by Crippen LogP contribution is -2.40. The number of unbranched alkanes of at least 4 members (excludes halogenated alkanes) is 1. The molecule has 2 nitrogen and oxygen atoms in total. The molecule has 2 unspecified atom stereocenters. The molecule has 0 amide bonds. The molecule has 1 N–H and O–H groups in total. The van der Waals surface area contributed by atoms with Gasteiger partial charge in [-0.3, -0.25) is 0 Å². The van der Waals surface area contributed by atoms with Gasteiger partial charge in [0.05, 0.1) is 12.7 Å². The summed E-state index contributed by atoms with van der Waals surface area (Å²) in [7, 11) is 0. The second-order valence-corrected chi connectivity index (χ2v) is 7.29. The first kappa shape index (κ1) is 18.9. The lowest BCUT2D eigenvalue weighted by atomic mass is 9.67. The van der Waals surface area contributed by atoms with Crippen LogP contribution in [0.5, 0.6) is 5.75 Å². The topological polar surface area (TPSA) is 29.5 Å². The van der Waals surface area contributed by atoms with Crippen LogP contribution in [0.3, 0.4) is 0 Å². The van der Waals surface area contributed by atoms with Crippen LogP contribution in [0, 0.1) is 5.82 Å². The van der Waals surface area contributed by atoms with Crippen molar-refractivity contribution >= 4 is 0 Å². The van der Waals surface area contributed by atoms with Crippen molar-refractivity contribution in [3.8, 4) is 5.75 Å². The molecule has 26 heavy (non-hydrogen) atoms. The van der Waals surface area contributed by atoms with E-state index in [1.807, 2.05) is 36.4 Å². The van der Waals surface area contributed by atoms with Crippen molar-refractivity contribution in [3.63, 3.8) is 0 Å². The van der Waals surface area contributed by atoms with Gasteiger partial charge in [0.25, 0.3) is 0 Å². The highest BCUT2D eigenvalue weighted by molar-refractivity contribution is 5.44. The third-order valence-corrected chi connectivity index (χ3v) is 5.61. The van der Waals surface area contributed by atoms with Crippen molar-refractivity contribution in [1.29, 1.82) is 0 Å². The Balaban J connectivity index is 2.00. The second-order valence-electron chi connectivity index (χ2n) is 7.29. The molecule has 1 saturated carbocycles. The average molecular weight is 356 g/mol. The molecule has 0 aliphatic heterocycles. The minimum atomic E-state index is -0.691. The van der Waals surface area contributed by atoms with Gasteiger partial charge in [-0.1, -0.05) is 62.9 Å². The zero-order valence-electron chi connectivity index (χ0n) is 15.6. The minimum absolute atomic E-state index is 0.239. The molecule has 140 valence electrons. The van der Waals surface area contributed by atoms with Crippen LogP contribution in [-0.2, 0) is 5.41 Å². The molecule has 0 heterocycles. The molecule has 1 aliphatic carbocycles. The van der Waals surface area contributed by atoms with E-state index in [9.17, 15) is 9.50 Å². The van der Waals surface area contributed by atoms with Gasteiger partial charge in [0.15, 0.2) is 0 Å². The summed E-state index contributed by atoms with van der Waals surface area (Å²) in [5, 5.41) is 11.1. The van der Waals surface area contributed by atoms with E-state index in [-0.39, 0.29) is 5.82 Å². The van der Waals surface area contributed by atoms with Crippen LogP contribution >= 0.6 is 0 Å². The first-order valence-corrected chi connectivity index (χ1v) is 9.85. The summed E-state index contributed by atoms with van der Waals surface area (Å²) in [6.45, 7) is 2.84. The summed E-state index contributed by atoms with van der Waals surface area (Å²) in [5.41, 5.74) is 0.887. The van der Waals surface area contributed by atoms with E-state index in [1.165, 1.54) is 6.07 Å². The summed E-state index contributed by atoms with van der Waals surface area (Å²) in [4.78, 5) is 0. The van der Waals surface area contributed by atoms with Crippen LogP contribution in [0.15, 0.2) is 48.5 Å². The summed E-state index contributed by atoms with van der Waals surface area (Å²) in [5.74, 6) is 0.589. The quantitative estimate of drug-likeness (QED) is 0.538. The van der Waals surface area contributed by atoms with Gasteiger partial charge in [0.2, 0.25) is 0 Å². The molecule has 3 rings (SSSR count). The van der Waals surface area contributed by atoms with Crippen LogP contribution < -0.4 is 4.74 Å². The van der Waals surface area contributed by atoms with Gasteiger partial charge in [0, 0.05) is 11.0 Å². The number of hydrogen-bond acceptors (Lipinski definition) is 2. The Morgan fingerprint density at radius 2 is 1.85 bits per heavy atom. The van der Waals surface area contributed by atoms with Crippen LogP contribution in [0.4, 0.5) is 4.39 Å². The highest BCUT2D eigenvalue weighted by atomic mass is 19.1. The number of aliphatic hydroxyl groups is 1. The third kappa shape index (κ3) is 3.78. The summed E-state index contributed by atoms with van der Waals surface area (Å²) >= 11 is 0. The van der Waals surface area contributed by atoms with Crippen LogP contribution in [0.2, 0.25) is 0 Å². The standard InChI is InChI=1S/C23H29FO2/c1-2-3-17-26-19-14-12-18(13-15-19)23(16-8-4-5-11-22(23)25)20-9-6-7-10-21(20)24/h6-7,9-10,12-15,22,25H,2-5,8,11,16-17H2,1H3. The van der Waals surface area contributed by atoms with Crippen molar-refractivity contribution in [2.24, 2.45) is 0 Å². The first-order valence-electron chi connectivity index (χ1n) is 9.85. The third-order valence-electron chi connectivity index (χ3n) is 5.61. The Bertz CT molecular complexity index is 698. The highest BCUT2D eigenvalue weighted by Gasteiger charge is 2.43. The molecule has 0 spiro atoms. The van der Waals surface area contributed by atoms with Crippen molar-refractivity contribution in [1.82, 2.24) is 0 Å². The molecule has 3 heteroatoms. The molecule has 2 aromatic rings. The first-order chi connectivity index (χ1) is 12.7. The van der Waals surface area contributed by atoms with Crippen molar-refractivity contribution in [2.75, 3.05) is 6.61 Å². The molecular weight excluding hydrogens is 327 g/mol. The van der Waals surface area contributed by atoms with Gasteiger partial charge in [-0.15, -0.1) is 0 Å². The zero-order chi connectivity index (χ0) is 18.4. The van der Waals surface area contributed by atoms with E-state index in [1.54, 1.807) is 6.07 Å². The van der Waals surface area contributed by atoms with Gasteiger partial charge >= 0.3 is 0 Å². The van der Waals surface area contributed by atoms with E-state index in [2.05, 4.69) is 6.92 Å². The molecule has 0 radical (unpaired) electrons. The lowest BCUT2D eigenvalue weighted by Gasteiger charge is -2.38. The van der Waals surface area contributed by atoms with Crippen molar-refractivity contribution < 1.29 is 14.2 Å². The smallest absolute Gasteiger partial charge is 0.127 e. The summed E-state index contributed by atoms with van der Waals surface area (Å²) in [6, 6.07) is 14.8. The van der Waals surface area contributed by atoms with Gasteiger partial charge in [-0.25, -0.2) is 4.39 Å². The van der Waals surface area contributed by atoms with Gasteiger partial charge in [-0.05, 0) is 43.0 Å². The number of rotatable bonds is 6. The molecular formula is C23H29FO2. The molecule has 2 aromatic carbocycles. The average Bonchev–Trinajstić information content (AvgIpc) is 2.85. The fraction of sp³-hybridized carbons (Fsp3) is 0.478. The Morgan fingerprint density at radius 1 is 1.08 bits per heavy atom. The number of benzene rings is 2. The SMILES string of the molecule is CCCCOc1ccc(C2(c3ccccc3F)CCCCCC2O)cc1. The van der Waals surface area contributed by atoms with E-state index in [0.717, 1.165) is 49.8 Å². The highest BCUT2D eigenvalue weighted by Crippen LogP contribution is 2.45. The predicted octanol–water partition coefficient (Wildman–Crippen LogP) is 5.62. The van der Waals surface area contributed by atoms with Crippen LogP contribution in [0.25, 0.3) is 0 Å².